The molecule has 1 N–H and O–H groups in total. The summed E-state index contributed by atoms with van der Waals surface area (Å²) in [6, 6.07) is 16.8. The number of rotatable bonds is 7. The molecule has 0 saturated heterocycles. The lowest BCUT2D eigenvalue weighted by molar-refractivity contribution is -0.117. The van der Waals surface area contributed by atoms with Crippen molar-refractivity contribution in [3.63, 3.8) is 0 Å². The van der Waals surface area contributed by atoms with Crippen molar-refractivity contribution in [3.05, 3.63) is 89.6 Å². The maximum atomic E-state index is 13.3. The smallest absolute Gasteiger partial charge is 0.294 e. The van der Waals surface area contributed by atoms with Crippen LogP contribution in [0, 0.1) is 0 Å². The number of carbonyl (C=O) groups excluding carboxylic acids is 2. The molecule has 0 spiro atoms. The quantitative estimate of drug-likeness (QED) is 0.519. The summed E-state index contributed by atoms with van der Waals surface area (Å²) in [6.45, 7) is 3.86. The molecule has 1 atom stereocenters. The molecule has 0 radical (unpaired) electrons. The van der Waals surface area contributed by atoms with E-state index in [0.29, 0.717) is 17.0 Å². The van der Waals surface area contributed by atoms with E-state index in [1.165, 1.54) is 17.2 Å². The Morgan fingerprint density at radius 1 is 1.06 bits per heavy atom. The zero-order valence-corrected chi connectivity index (χ0v) is 19.0. The second kappa shape index (κ2) is 8.86. The Morgan fingerprint density at radius 3 is 2.27 bits per heavy atom. The number of aliphatic hydroxyl groups excluding tert-OH is 1. The number of furan rings is 1. The van der Waals surface area contributed by atoms with Crippen molar-refractivity contribution in [2.24, 2.45) is 0 Å². The Balaban J connectivity index is 1.80. The van der Waals surface area contributed by atoms with Crippen LogP contribution in [0.4, 0.5) is 11.4 Å². The van der Waals surface area contributed by atoms with E-state index < -0.39 is 23.5 Å². The normalized spacial score (nSPS) is 16.0. The third-order valence-electron chi connectivity index (χ3n) is 5.41. The maximum absolute atomic E-state index is 13.3. The van der Waals surface area contributed by atoms with E-state index >= 15 is 0 Å². The van der Waals surface area contributed by atoms with Crippen LogP contribution in [0.2, 0.25) is 0 Å². The maximum Gasteiger partial charge on any atom is 0.294 e. The fourth-order valence-electron chi connectivity index (χ4n) is 3.87. The summed E-state index contributed by atoms with van der Waals surface area (Å²) in [5.41, 5.74) is 2.17. The van der Waals surface area contributed by atoms with Gasteiger partial charge in [0.1, 0.15) is 5.75 Å². The van der Waals surface area contributed by atoms with Gasteiger partial charge in [0.05, 0.1) is 24.0 Å². The van der Waals surface area contributed by atoms with E-state index in [4.69, 9.17) is 9.15 Å². The van der Waals surface area contributed by atoms with Gasteiger partial charge in [0.2, 0.25) is 5.78 Å². The highest BCUT2D eigenvalue weighted by molar-refractivity contribution is 6.20. The highest BCUT2D eigenvalue weighted by Gasteiger charge is 2.45. The third-order valence-corrected chi connectivity index (χ3v) is 5.41. The lowest BCUT2D eigenvalue weighted by atomic mass is 9.94. The third kappa shape index (κ3) is 4.22. The molecule has 7 nitrogen and oxygen atoms in total. The van der Waals surface area contributed by atoms with Crippen molar-refractivity contribution in [1.82, 2.24) is 0 Å². The van der Waals surface area contributed by atoms with Gasteiger partial charge < -0.3 is 19.2 Å². The molecule has 2 aromatic carbocycles. The highest BCUT2D eigenvalue weighted by atomic mass is 16.5. The Bertz CT molecular complexity index is 1180. The summed E-state index contributed by atoms with van der Waals surface area (Å²) in [5.74, 6) is -1.04. The largest absolute Gasteiger partial charge is 0.503 e. The lowest BCUT2D eigenvalue weighted by Gasteiger charge is -2.27. The topological polar surface area (TPSA) is 83.2 Å². The van der Waals surface area contributed by atoms with Crippen molar-refractivity contribution in [2.45, 2.75) is 26.0 Å². The highest BCUT2D eigenvalue weighted by Crippen LogP contribution is 2.42. The van der Waals surface area contributed by atoms with Gasteiger partial charge in [-0.25, -0.2) is 0 Å². The lowest BCUT2D eigenvalue weighted by Crippen LogP contribution is -2.31. The summed E-state index contributed by atoms with van der Waals surface area (Å²) in [7, 11) is 3.86. The van der Waals surface area contributed by atoms with Crippen LogP contribution in [0.3, 0.4) is 0 Å². The number of Topliss-reactive ketones (excluding diaryl/α,β-unsaturated/α-hetero) is 1. The Hall–Kier alpha value is -4.00. The first-order valence-corrected chi connectivity index (χ1v) is 10.7. The van der Waals surface area contributed by atoms with Crippen LogP contribution in [0.5, 0.6) is 5.75 Å². The molecule has 33 heavy (non-hydrogen) atoms. The molecular formula is C26H26N2O5. The van der Waals surface area contributed by atoms with Crippen LogP contribution in [0.25, 0.3) is 0 Å². The van der Waals surface area contributed by atoms with Crippen molar-refractivity contribution in [2.75, 3.05) is 23.9 Å². The fourth-order valence-corrected chi connectivity index (χ4v) is 3.87. The molecule has 1 unspecified atom stereocenters. The van der Waals surface area contributed by atoms with E-state index in [9.17, 15) is 14.7 Å². The number of hydrogen-bond donors (Lipinski definition) is 1. The van der Waals surface area contributed by atoms with E-state index in [1.807, 2.05) is 57.1 Å². The van der Waals surface area contributed by atoms with Gasteiger partial charge in [0.25, 0.3) is 5.91 Å². The van der Waals surface area contributed by atoms with Crippen LogP contribution in [0.1, 0.15) is 36.0 Å². The number of benzene rings is 2. The summed E-state index contributed by atoms with van der Waals surface area (Å²) in [4.78, 5) is 29.8. The number of amides is 1. The number of aliphatic hydroxyl groups is 1. The van der Waals surface area contributed by atoms with Crippen molar-refractivity contribution < 1.29 is 23.8 Å². The number of hydrogen-bond acceptors (Lipinski definition) is 6. The van der Waals surface area contributed by atoms with E-state index in [-0.39, 0.29) is 17.4 Å². The number of anilines is 2. The zero-order valence-electron chi connectivity index (χ0n) is 19.0. The molecule has 3 aromatic rings. The van der Waals surface area contributed by atoms with E-state index in [2.05, 4.69) is 0 Å². The average Bonchev–Trinajstić information content (AvgIpc) is 3.41. The standard InChI is InChI=1S/C26H26N2O5/c1-16(2)33-20-13-11-19(12-14-20)28-23(17-7-9-18(10-8-17)27(3)4)22(25(30)26(28)31)24(29)21-6-5-15-32-21/h5-16,23,30H,1-4H3. The molecule has 4 rings (SSSR count). The van der Waals surface area contributed by atoms with E-state index in [1.54, 1.807) is 30.3 Å². The molecule has 7 heteroatoms. The minimum absolute atomic E-state index is 0.00968. The number of ketones is 1. The van der Waals surface area contributed by atoms with Crippen LogP contribution in [0.15, 0.2) is 82.7 Å². The molecule has 0 saturated carbocycles. The SMILES string of the molecule is CC(C)Oc1ccc(N2C(=O)C(O)=C(C(=O)c3ccco3)C2c2ccc(N(C)C)cc2)cc1. The predicted octanol–water partition coefficient (Wildman–Crippen LogP) is 4.92. The van der Waals surface area contributed by atoms with Crippen LogP contribution < -0.4 is 14.5 Å². The van der Waals surface area contributed by atoms with Gasteiger partial charge in [-0.3, -0.25) is 14.5 Å². The van der Waals surface area contributed by atoms with Gasteiger partial charge in [-0.05, 0) is 67.9 Å². The molecule has 1 aromatic heterocycles. The van der Waals surface area contributed by atoms with E-state index in [0.717, 1.165) is 5.69 Å². The molecule has 170 valence electrons. The van der Waals surface area contributed by atoms with Crippen LogP contribution in [-0.4, -0.2) is 37.0 Å². The first-order valence-electron chi connectivity index (χ1n) is 10.7. The number of nitrogens with zero attached hydrogens (tertiary/aromatic N) is 2. The van der Waals surface area contributed by atoms with Gasteiger partial charge in [-0.2, -0.15) is 0 Å². The second-order valence-electron chi connectivity index (χ2n) is 8.29. The zero-order chi connectivity index (χ0) is 23.7. The molecule has 1 aliphatic rings. The van der Waals surface area contributed by atoms with Crippen molar-refractivity contribution in [3.8, 4) is 5.75 Å². The molecule has 0 aliphatic carbocycles. The van der Waals surface area contributed by atoms with Gasteiger partial charge in [-0.1, -0.05) is 12.1 Å². The Morgan fingerprint density at radius 2 is 1.73 bits per heavy atom. The first kappa shape index (κ1) is 22.2. The summed E-state index contributed by atoms with van der Waals surface area (Å²) < 4.78 is 11.0. The Labute approximate surface area is 192 Å². The summed E-state index contributed by atoms with van der Waals surface area (Å²) in [5, 5.41) is 10.8. The molecule has 0 bridgehead atoms. The summed E-state index contributed by atoms with van der Waals surface area (Å²) >= 11 is 0. The van der Waals surface area contributed by atoms with Gasteiger partial charge in [-0.15, -0.1) is 0 Å². The fraction of sp³-hybridized carbons (Fsp3) is 0.231. The monoisotopic (exact) mass is 446 g/mol. The van der Waals surface area contributed by atoms with Crippen molar-refractivity contribution >= 4 is 23.1 Å². The number of carbonyl (C=O) groups is 2. The van der Waals surface area contributed by atoms with Gasteiger partial charge >= 0.3 is 0 Å². The van der Waals surface area contributed by atoms with Crippen LogP contribution >= 0.6 is 0 Å². The molecule has 2 heterocycles. The molecule has 1 aliphatic heterocycles. The predicted molar refractivity (Wildman–Crippen MR) is 126 cm³/mol. The second-order valence-corrected chi connectivity index (χ2v) is 8.29. The minimum atomic E-state index is -0.817. The minimum Gasteiger partial charge on any atom is -0.503 e. The average molecular weight is 447 g/mol. The molecule has 1 amide bonds. The number of ether oxygens (including phenoxy) is 1. The van der Waals surface area contributed by atoms with Crippen molar-refractivity contribution in [1.29, 1.82) is 0 Å². The molecular weight excluding hydrogens is 420 g/mol. The summed E-state index contributed by atoms with van der Waals surface area (Å²) in [6.07, 6.45) is 1.39. The molecule has 0 fully saturated rings. The Kier molecular flexibility index (Phi) is 5.96. The first-order chi connectivity index (χ1) is 15.8. The van der Waals surface area contributed by atoms with Crippen LogP contribution in [-0.2, 0) is 4.79 Å². The van der Waals surface area contributed by atoms with Gasteiger partial charge in [0, 0.05) is 25.5 Å². The van der Waals surface area contributed by atoms with Gasteiger partial charge in [0.15, 0.2) is 11.5 Å².